The minimum Gasteiger partial charge on any atom is -0.387 e. The average molecular weight is 388 g/mol. The van der Waals surface area contributed by atoms with Gasteiger partial charge < -0.3 is 24.1 Å². The van der Waals surface area contributed by atoms with Crippen LogP contribution in [0.15, 0.2) is 0 Å². The summed E-state index contributed by atoms with van der Waals surface area (Å²) in [6.45, 7) is 8.85. The van der Waals surface area contributed by atoms with E-state index in [9.17, 15) is 5.11 Å². The highest BCUT2D eigenvalue weighted by atomic mass is 127. The van der Waals surface area contributed by atoms with E-state index in [0.717, 1.165) is 0 Å². The third-order valence-electron chi connectivity index (χ3n) is 4.00. The van der Waals surface area contributed by atoms with Crippen molar-refractivity contribution in [3.05, 3.63) is 0 Å². The summed E-state index contributed by atoms with van der Waals surface area (Å²) in [5.74, 6) is 0. The maximum atomic E-state index is 10.6. The lowest BCUT2D eigenvalue weighted by atomic mass is 9.85. The predicted octanol–water partition coefficient (Wildman–Crippen LogP) is 1.74. The summed E-state index contributed by atoms with van der Waals surface area (Å²) < 4.78 is 22.1. The van der Waals surface area contributed by atoms with Crippen LogP contribution in [-0.2, 0) is 18.9 Å². The minimum atomic E-state index is -0.763. The Labute approximate surface area is 129 Å². The molecule has 0 spiro atoms. The van der Waals surface area contributed by atoms with Crippen molar-refractivity contribution in [2.24, 2.45) is 0 Å². The van der Waals surface area contributed by atoms with Gasteiger partial charge in [-0.25, -0.2) is 0 Å². The Morgan fingerprint density at radius 2 is 2.00 bits per heavy atom. The zero-order valence-electron chi connectivity index (χ0n) is 12.3. The van der Waals surface area contributed by atoms with E-state index >= 15 is 0 Å². The molecular weight excluding hydrogens is 363 g/mol. The van der Waals surface area contributed by atoms with Gasteiger partial charge in [0.15, 0.2) is 0 Å². The standard InChI is InChI=1S/C13H25IO5/c1-9(14)12(3)11(15)13(4,10(2)19-12)18-8-17-7-6-16-5/h9-11,15H,6-8H2,1-5H3/t9-,10+,11+,12+,13-/m0/s1. The molecule has 114 valence electrons. The van der Waals surface area contributed by atoms with E-state index in [1.54, 1.807) is 7.11 Å². The van der Waals surface area contributed by atoms with Crippen LogP contribution in [0.3, 0.4) is 0 Å². The van der Waals surface area contributed by atoms with Gasteiger partial charge in [0.05, 0.1) is 19.3 Å². The summed E-state index contributed by atoms with van der Waals surface area (Å²) in [6.07, 6.45) is -0.899. The fourth-order valence-electron chi connectivity index (χ4n) is 2.23. The second-order valence-corrected chi connectivity index (χ2v) is 7.18. The molecule has 0 aromatic carbocycles. The number of hydrogen-bond donors (Lipinski definition) is 1. The highest BCUT2D eigenvalue weighted by Crippen LogP contribution is 2.44. The molecule has 1 fully saturated rings. The Hall–Kier alpha value is 0.530. The number of alkyl halides is 1. The third kappa shape index (κ3) is 3.59. The van der Waals surface area contributed by atoms with Crippen LogP contribution >= 0.6 is 22.6 Å². The Balaban J connectivity index is 2.60. The molecule has 1 aliphatic heterocycles. The van der Waals surface area contributed by atoms with E-state index in [1.165, 1.54) is 0 Å². The minimum absolute atomic E-state index is 0.121. The van der Waals surface area contributed by atoms with Crippen molar-refractivity contribution in [2.45, 2.75) is 55.0 Å². The summed E-state index contributed by atoms with van der Waals surface area (Å²) in [5, 5.41) is 10.6. The molecule has 5 atom stereocenters. The maximum Gasteiger partial charge on any atom is 0.147 e. The molecule has 0 aromatic rings. The predicted molar refractivity (Wildman–Crippen MR) is 80.6 cm³/mol. The molecule has 0 bridgehead atoms. The van der Waals surface area contributed by atoms with Gasteiger partial charge in [-0.1, -0.05) is 29.5 Å². The average Bonchev–Trinajstić information content (AvgIpc) is 2.52. The van der Waals surface area contributed by atoms with Gasteiger partial charge in [-0.15, -0.1) is 0 Å². The molecule has 6 heteroatoms. The molecular formula is C13H25IO5. The van der Waals surface area contributed by atoms with Gasteiger partial charge in [0.1, 0.15) is 24.1 Å². The first-order chi connectivity index (χ1) is 8.79. The highest BCUT2D eigenvalue weighted by molar-refractivity contribution is 14.1. The van der Waals surface area contributed by atoms with Crippen LogP contribution in [0.4, 0.5) is 0 Å². The molecule has 1 saturated heterocycles. The topological polar surface area (TPSA) is 57.2 Å². The van der Waals surface area contributed by atoms with Crippen LogP contribution in [0.25, 0.3) is 0 Å². The number of hydrogen-bond acceptors (Lipinski definition) is 5. The monoisotopic (exact) mass is 388 g/mol. The van der Waals surface area contributed by atoms with Crippen molar-refractivity contribution in [3.8, 4) is 0 Å². The molecule has 1 N–H and O–H groups in total. The number of aliphatic hydroxyl groups excluding tert-OH is 1. The largest absolute Gasteiger partial charge is 0.387 e. The fourth-order valence-corrected chi connectivity index (χ4v) is 2.72. The summed E-state index contributed by atoms with van der Waals surface area (Å²) in [7, 11) is 1.62. The van der Waals surface area contributed by atoms with E-state index < -0.39 is 17.3 Å². The second kappa shape index (κ2) is 7.00. The Bertz CT molecular complexity index is 288. The molecule has 0 unspecified atom stereocenters. The van der Waals surface area contributed by atoms with Gasteiger partial charge in [-0.2, -0.15) is 0 Å². The van der Waals surface area contributed by atoms with Crippen LogP contribution in [0.1, 0.15) is 27.7 Å². The summed E-state index contributed by atoms with van der Waals surface area (Å²) in [4.78, 5) is 0. The SMILES string of the molecule is COCCOCO[C@]1(C)[C@H](O)[C@@](C)([C@H](C)I)O[C@@H]1C. The lowest BCUT2D eigenvalue weighted by Crippen LogP contribution is -2.53. The van der Waals surface area contributed by atoms with Gasteiger partial charge in [0.25, 0.3) is 0 Å². The van der Waals surface area contributed by atoms with Gasteiger partial charge in [-0.3, -0.25) is 0 Å². The molecule has 0 amide bonds. The van der Waals surface area contributed by atoms with Crippen molar-refractivity contribution in [1.82, 2.24) is 0 Å². The van der Waals surface area contributed by atoms with Gasteiger partial charge >= 0.3 is 0 Å². The Morgan fingerprint density at radius 1 is 1.37 bits per heavy atom. The van der Waals surface area contributed by atoms with E-state index in [0.29, 0.717) is 13.2 Å². The molecule has 5 nitrogen and oxygen atoms in total. The first kappa shape index (κ1) is 17.6. The quantitative estimate of drug-likeness (QED) is 0.312. The molecule has 0 aliphatic carbocycles. The second-order valence-electron chi connectivity index (χ2n) is 5.31. The van der Waals surface area contributed by atoms with Gasteiger partial charge in [0.2, 0.25) is 0 Å². The van der Waals surface area contributed by atoms with E-state index in [2.05, 4.69) is 22.6 Å². The molecule has 0 aromatic heterocycles. The molecule has 1 heterocycles. The van der Waals surface area contributed by atoms with E-state index in [1.807, 2.05) is 27.7 Å². The smallest absolute Gasteiger partial charge is 0.147 e. The normalized spacial score (nSPS) is 40.6. The first-order valence-corrected chi connectivity index (χ1v) is 7.74. The Morgan fingerprint density at radius 3 is 2.47 bits per heavy atom. The number of aliphatic hydroxyl groups is 1. The molecule has 0 radical (unpaired) electrons. The zero-order chi connectivity index (χ0) is 14.7. The van der Waals surface area contributed by atoms with Gasteiger partial charge in [-0.05, 0) is 20.8 Å². The number of rotatable bonds is 7. The summed E-state index contributed by atoms with van der Waals surface area (Å²) in [6, 6.07) is 0. The van der Waals surface area contributed by atoms with Crippen LogP contribution in [0.5, 0.6) is 0 Å². The summed E-state index contributed by atoms with van der Waals surface area (Å²) in [5.41, 5.74) is -1.37. The maximum absolute atomic E-state index is 10.6. The molecule has 0 saturated carbocycles. The molecule has 1 aliphatic rings. The summed E-state index contributed by atoms with van der Waals surface area (Å²) >= 11 is 2.27. The fraction of sp³-hybridized carbons (Fsp3) is 1.00. The first-order valence-electron chi connectivity index (χ1n) is 6.49. The van der Waals surface area contributed by atoms with Crippen LogP contribution in [-0.4, -0.2) is 59.6 Å². The van der Waals surface area contributed by atoms with Crippen LogP contribution in [0, 0.1) is 0 Å². The number of halogens is 1. The number of methoxy groups -OCH3 is 1. The third-order valence-corrected chi connectivity index (χ3v) is 5.24. The van der Waals surface area contributed by atoms with Crippen molar-refractivity contribution < 1.29 is 24.1 Å². The van der Waals surface area contributed by atoms with Crippen LogP contribution < -0.4 is 0 Å². The molecule has 1 rings (SSSR count). The van der Waals surface area contributed by atoms with Crippen molar-refractivity contribution in [1.29, 1.82) is 0 Å². The number of ether oxygens (including phenoxy) is 4. The highest BCUT2D eigenvalue weighted by Gasteiger charge is 2.60. The lowest BCUT2D eigenvalue weighted by Gasteiger charge is -2.35. The van der Waals surface area contributed by atoms with E-state index in [-0.39, 0.29) is 16.8 Å². The molecule has 19 heavy (non-hydrogen) atoms. The lowest BCUT2D eigenvalue weighted by molar-refractivity contribution is -0.180. The Kier molecular flexibility index (Phi) is 6.47. The zero-order valence-corrected chi connectivity index (χ0v) is 14.5. The van der Waals surface area contributed by atoms with Crippen molar-refractivity contribution in [2.75, 3.05) is 27.1 Å². The van der Waals surface area contributed by atoms with E-state index in [4.69, 9.17) is 18.9 Å². The van der Waals surface area contributed by atoms with Crippen LogP contribution in [0.2, 0.25) is 0 Å². The van der Waals surface area contributed by atoms with Crippen molar-refractivity contribution in [3.63, 3.8) is 0 Å². The van der Waals surface area contributed by atoms with Gasteiger partial charge in [0, 0.05) is 11.0 Å². The van der Waals surface area contributed by atoms with Crippen molar-refractivity contribution >= 4 is 22.6 Å².